The van der Waals surface area contributed by atoms with Crippen LogP contribution in [-0.2, 0) is 4.79 Å². The van der Waals surface area contributed by atoms with Crippen LogP contribution in [0.3, 0.4) is 0 Å². The minimum Gasteiger partial charge on any atom is -0.480 e. The van der Waals surface area contributed by atoms with Crippen molar-refractivity contribution in [2.45, 2.75) is 39.2 Å². The van der Waals surface area contributed by atoms with E-state index in [4.69, 9.17) is 5.73 Å². The Bertz CT molecular complexity index is 181. The first-order chi connectivity index (χ1) is 6.52. The van der Waals surface area contributed by atoms with Crippen molar-refractivity contribution in [3.05, 3.63) is 0 Å². The van der Waals surface area contributed by atoms with Gasteiger partial charge in [-0.2, -0.15) is 0 Å². The summed E-state index contributed by atoms with van der Waals surface area (Å²) >= 11 is 0. The van der Waals surface area contributed by atoms with Crippen LogP contribution in [-0.4, -0.2) is 41.1 Å². The van der Waals surface area contributed by atoms with E-state index in [2.05, 4.69) is 0 Å². The summed E-state index contributed by atoms with van der Waals surface area (Å²) < 4.78 is 0. The van der Waals surface area contributed by atoms with Gasteiger partial charge >= 0.3 is 5.97 Å². The van der Waals surface area contributed by atoms with Crippen molar-refractivity contribution in [2.24, 2.45) is 5.73 Å². The van der Waals surface area contributed by atoms with E-state index in [-0.39, 0.29) is 0 Å². The maximum atomic E-state index is 11.2. The van der Waals surface area contributed by atoms with Crippen molar-refractivity contribution >= 4 is 5.97 Å². The van der Waals surface area contributed by atoms with E-state index in [1.165, 1.54) is 0 Å². The van der Waals surface area contributed by atoms with Gasteiger partial charge < -0.3 is 10.8 Å². The lowest BCUT2D eigenvalue weighted by atomic mass is 9.93. The van der Waals surface area contributed by atoms with Gasteiger partial charge in [0.05, 0.1) is 0 Å². The quantitative estimate of drug-likeness (QED) is 0.644. The molecule has 0 aromatic heterocycles. The molecule has 0 aliphatic rings. The molecule has 0 saturated carbocycles. The minimum atomic E-state index is -0.761. The van der Waals surface area contributed by atoms with Crippen LogP contribution in [0.4, 0.5) is 0 Å². The number of carbonyl (C=O) groups is 1. The van der Waals surface area contributed by atoms with Crippen LogP contribution in [0.15, 0.2) is 0 Å². The van der Waals surface area contributed by atoms with E-state index in [0.29, 0.717) is 13.0 Å². The van der Waals surface area contributed by atoms with Gasteiger partial charge in [0.15, 0.2) is 0 Å². The lowest BCUT2D eigenvalue weighted by Gasteiger charge is -2.36. The maximum Gasteiger partial charge on any atom is 0.323 e. The Hall–Kier alpha value is -0.610. The van der Waals surface area contributed by atoms with Gasteiger partial charge in [-0.05, 0) is 39.4 Å². The standard InChI is InChI=1S/C10H22N2O2/c1-4-12(5-2)10(3,9(13)14)7-6-8-11/h4-8,11H2,1-3H3,(H,13,14)/t10-/m1/s1. The lowest BCUT2D eigenvalue weighted by molar-refractivity contribution is -0.151. The van der Waals surface area contributed by atoms with Crippen LogP contribution < -0.4 is 5.73 Å². The Morgan fingerprint density at radius 3 is 2.21 bits per heavy atom. The minimum absolute atomic E-state index is 0.546. The van der Waals surface area contributed by atoms with E-state index in [9.17, 15) is 9.90 Å². The molecular weight excluding hydrogens is 180 g/mol. The number of carboxylic acids is 1. The molecule has 1 atom stereocenters. The molecule has 0 heterocycles. The van der Waals surface area contributed by atoms with Gasteiger partial charge in [0, 0.05) is 0 Å². The Labute approximate surface area is 86.1 Å². The predicted molar refractivity (Wildman–Crippen MR) is 57.3 cm³/mol. The number of aliphatic carboxylic acids is 1. The van der Waals surface area contributed by atoms with Crippen molar-refractivity contribution in [3.63, 3.8) is 0 Å². The molecule has 0 aliphatic heterocycles. The van der Waals surface area contributed by atoms with Crippen molar-refractivity contribution in [2.75, 3.05) is 19.6 Å². The molecule has 0 unspecified atom stereocenters. The zero-order valence-corrected chi connectivity index (χ0v) is 9.42. The molecule has 4 heteroatoms. The number of nitrogens with two attached hydrogens (primary N) is 1. The summed E-state index contributed by atoms with van der Waals surface area (Å²) in [6, 6.07) is 0. The van der Waals surface area contributed by atoms with Crippen molar-refractivity contribution < 1.29 is 9.90 Å². The molecule has 0 spiro atoms. The molecule has 0 fully saturated rings. The topological polar surface area (TPSA) is 66.6 Å². The first-order valence-corrected chi connectivity index (χ1v) is 5.21. The number of hydrogen-bond donors (Lipinski definition) is 2. The summed E-state index contributed by atoms with van der Waals surface area (Å²) in [5.41, 5.74) is 4.65. The van der Waals surface area contributed by atoms with Crippen molar-refractivity contribution in [1.82, 2.24) is 4.90 Å². The highest BCUT2D eigenvalue weighted by Crippen LogP contribution is 2.21. The molecular formula is C10H22N2O2. The van der Waals surface area contributed by atoms with Gasteiger partial charge in [-0.3, -0.25) is 9.69 Å². The Kier molecular flexibility index (Phi) is 5.72. The van der Waals surface area contributed by atoms with Crippen LogP contribution in [0.25, 0.3) is 0 Å². The zero-order valence-electron chi connectivity index (χ0n) is 9.42. The molecule has 4 nitrogen and oxygen atoms in total. The summed E-state index contributed by atoms with van der Waals surface area (Å²) in [5.74, 6) is -0.755. The van der Waals surface area contributed by atoms with Crippen molar-refractivity contribution in [1.29, 1.82) is 0 Å². The molecule has 14 heavy (non-hydrogen) atoms. The van der Waals surface area contributed by atoms with Crippen molar-refractivity contribution in [3.8, 4) is 0 Å². The fraction of sp³-hybridized carbons (Fsp3) is 0.900. The van der Waals surface area contributed by atoms with Gasteiger partial charge in [-0.15, -0.1) is 0 Å². The summed E-state index contributed by atoms with van der Waals surface area (Å²) in [7, 11) is 0. The highest BCUT2D eigenvalue weighted by Gasteiger charge is 2.37. The second-order valence-corrected chi connectivity index (χ2v) is 3.64. The maximum absolute atomic E-state index is 11.2. The van der Waals surface area contributed by atoms with E-state index in [1.807, 2.05) is 18.7 Å². The number of likely N-dealkylation sites (N-methyl/N-ethyl adjacent to an activating group) is 1. The average Bonchev–Trinajstić information content (AvgIpc) is 2.16. The third kappa shape index (κ3) is 2.96. The van der Waals surface area contributed by atoms with Gasteiger partial charge in [0.2, 0.25) is 0 Å². The highest BCUT2D eigenvalue weighted by molar-refractivity contribution is 5.78. The largest absolute Gasteiger partial charge is 0.480 e. The SMILES string of the molecule is CCN(CC)[C@](C)(CCCN)C(=O)O. The molecule has 0 amide bonds. The molecule has 0 aromatic rings. The molecule has 0 bridgehead atoms. The third-order valence-electron chi connectivity index (χ3n) is 2.79. The summed E-state index contributed by atoms with van der Waals surface area (Å²) in [6.07, 6.45) is 1.36. The third-order valence-corrected chi connectivity index (χ3v) is 2.79. The van der Waals surface area contributed by atoms with Gasteiger partial charge in [0.25, 0.3) is 0 Å². The van der Waals surface area contributed by atoms with E-state index in [1.54, 1.807) is 6.92 Å². The number of nitrogens with zero attached hydrogens (tertiary/aromatic N) is 1. The summed E-state index contributed by atoms with van der Waals surface area (Å²) in [6.45, 7) is 7.79. The molecule has 0 aliphatic carbocycles. The Morgan fingerprint density at radius 2 is 1.93 bits per heavy atom. The predicted octanol–water partition coefficient (Wildman–Crippen LogP) is 0.910. The Balaban J connectivity index is 4.59. The number of carboxylic acid groups (broad SMARTS) is 1. The Morgan fingerprint density at radius 1 is 1.43 bits per heavy atom. The fourth-order valence-corrected chi connectivity index (χ4v) is 1.77. The smallest absolute Gasteiger partial charge is 0.323 e. The molecule has 0 rings (SSSR count). The zero-order chi connectivity index (χ0) is 11.2. The van der Waals surface area contributed by atoms with E-state index in [0.717, 1.165) is 19.5 Å². The van der Waals surface area contributed by atoms with Gasteiger partial charge in [-0.1, -0.05) is 13.8 Å². The van der Waals surface area contributed by atoms with Gasteiger partial charge in [-0.25, -0.2) is 0 Å². The average molecular weight is 202 g/mol. The number of rotatable bonds is 7. The second-order valence-electron chi connectivity index (χ2n) is 3.64. The molecule has 84 valence electrons. The van der Waals surface area contributed by atoms with Gasteiger partial charge in [0.1, 0.15) is 5.54 Å². The lowest BCUT2D eigenvalue weighted by Crippen LogP contribution is -2.52. The molecule has 0 radical (unpaired) electrons. The monoisotopic (exact) mass is 202 g/mol. The van der Waals surface area contributed by atoms with Crippen LogP contribution >= 0.6 is 0 Å². The second kappa shape index (κ2) is 5.98. The summed E-state index contributed by atoms with van der Waals surface area (Å²) in [5, 5.41) is 9.21. The fourth-order valence-electron chi connectivity index (χ4n) is 1.77. The molecule has 0 aromatic carbocycles. The molecule has 0 saturated heterocycles. The normalized spacial score (nSPS) is 15.5. The van der Waals surface area contributed by atoms with Crippen LogP contribution in [0.5, 0.6) is 0 Å². The first kappa shape index (κ1) is 13.4. The van der Waals surface area contributed by atoms with Crippen LogP contribution in [0.2, 0.25) is 0 Å². The van der Waals surface area contributed by atoms with Crippen LogP contribution in [0, 0.1) is 0 Å². The van der Waals surface area contributed by atoms with E-state index < -0.39 is 11.5 Å². The highest BCUT2D eigenvalue weighted by atomic mass is 16.4. The molecule has 3 N–H and O–H groups in total. The van der Waals surface area contributed by atoms with E-state index >= 15 is 0 Å². The van der Waals surface area contributed by atoms with Crippen LogP contribution in [0.1, 0.15) is 33.6 Å². The first-order valence-electron chi connectivity index (χ1n) is 5.21. The number of hydrogen-bond acceptors (Lipinski definition) is 3. The summed E-state index contributed by atoms with van der Waals surface area (Å²) in [4.78, 5) is 13.2.